The van der Waals surface area contributed by atoms with Gasteiger partial charge in [-0.3, -0.25) is 4.79 Å². The molecule has 1 saturated heterocycles. The highest BCUT2D eigenvalue weighted by molar-refractivity contribution is 9.10. The van der Waals surface area contributed by atoms with E-state index in [4.69, 9.17) is 16.7 Å². The first-order chi connectivity index (χ1) is 14.6. The Morgan fingerprint density at radius 3 is 2.74 bits per heavy atom. The van der Waals surface area contributed by atoms with Crippen LogP contribution in [-0.2, 0) is 10.2 Å². The second kappa shape index (κ2) is 6.91. The van der Waals surface area contributed by atoms with Crippen LogP contribution in [0.1, 0.15) is 18.4 Å². The number of aromatic nitrogens is 1. The Bertz CT molecular complexity index is 1150. The summed E-state index contributed by atoms with van der Waals surface area (Å²) >= 11 is 9.44. The summed E-state index contributed by atoms with van der Waals surface area (Å²) in [5, 5.41) is 15.1. The van der Waals surface area contributed by atoms with Crippen LogP contribution < -0.4 is 15.5 Å². The van der Waals surface area contributed by atoms with Crippen molar-refractivity contribution in [2.24, 2.45) is 0 Å². The molecule has 0 atom stereocenters. The van der Waals surface area contributed by atoms with Gasteiger partial charge in [0.15, 0.2) is 11.6 Å². The average molecular weight is 513 g/mol. The molecule has 1 aromatic carbocycles. The van der Waals surface area contributed by atoms with Gasteiger partial charge in [-0.25, -0.2) is 14.2 Å². The van der Waals surface area contributed by atoms with Gasteiger partial charge in [-0.2, -0.15) is 0 Å². The minimum absolute atomic E-state index is 0.125. The number of hydrogen-bond donors (Lipinski definition) is 3. The number of carboxylic acid groups (broad SMARTS) is 1. The van der Waals surface area contributed by atoms with Crippen LogP contribution in [0.25, 0.3) is 10.9 Å². The summed E-state index contributed by atoms with van der Waals surface area (Å²) in [7, 11) is 4.00. The molecule has 1 aromatic heterocycles. The number of rotatable bonds is 3. The number of nitrogens with one attached hydrogen (secondary N) is 2. The lowest BCUT2D eigenvalue weighted by molar-refractivity contribution is -0.124. The molecule has 2 amide bonds. The maximum atomic E-state index is 15.2. The Hall–Kier alpha value is -2.17. The Morgan fingerprint density at radius 2 is 2.13 bits per heavy atom. The van der Waals surface area contributed by atoms with E-state index in [2.05, 4.69) is 36.4 Å². The third-order valence-corrected chi connectivity index (χ3v) is 7.96. The number of anilines is 2. The lowest BCUT2D eigenvalue weighted by atomic mass is 9.61. The largest absolute Gasteiger partial charge is 0.465 e. The molecule has 0 bridgehead atoms. The van der Waals surface area contributed by atoms with Crippen molar-refractivity contribution in [1.82, 2.24) is 15.2 Å². The number of nitrogens with zero attached hydrogens (tertiary/aromatic N) is 3. The van der Waals surface area contributed by atoms with Gasteiger partial charge in [-0.1, -0.05) is 11.6 Å². The Balaban J connectivity index is 1.68. The normalized spacial score (nSPS) is 24.9. The summed E-state index contributed by atoms with van der Waals surface area (Å²) in [4.78, 5) is 32.9. The average Bonchev–Trinajstić information content (AvgIpc) is 2.92. The number of pyridine rings is 1. The molecule has 3 aliphatic rings. The highest BCUT2D eigenvalue weighted by atomic mass is 79.9. The van der Waals surface area contributed by atoms with Crippen LogP contribution in [0.4, 0.5) is 20.7 Å². The highest BCUT2D eigenvalue weighted by Gasteiger charge is 2.58. The molecule has 2 aliphatic heterocycles. The molecule has 8 nitrogen and oxygen atoms in total. The molecule has 11 heteroatoms. The monoisotopic (exact) mass is 511 g/mol. The van der Waals surface area contributed by atoms with E-state index in [1.807, 2.05) is 19.0 Å². The molecule has 0 unspecified atom stereocenters. The van der Waals surface area contributed by atoms with Crippen LogP contribution in [0.15, 0.2) is 10.5 Å². The quantitative estimate of drug-likeness (QED) is 0.547. The molecule has 5 rings (SSSR count). The maximum Gasteiger partial charge on any atom is 0.404 e. The molecule has 2 aromatic rings. The van der Waals surface area contributed by atoms with Crippen molar-refractivity contribution in [3.63, 3.8) is 0 Å². The van der Waals surface area contributed by atoms with Crippen LogP contribution in [0.5, 0.6) is 0 Å². The van der Waals surface area contributed by atoms with Crippen LogP contribution >= 0.6 is 27.5 Å². The minimum Gasteiger partial charge on any atom is -0.465 e. The Labute approximate surface area is 190 Å². The van der Waals surface area contributed by atoms with E-state index in [9.17, 15) is 9.59 Å². The minimum atomic E-state index is -1.13. The van der Waals surface area contributed by atoms with E-state index in [1.54, 1.807) is 6.07 Å². The van der Waals surface area contributed by atoms with E-state index in [-0.39, 0.29) is 27.0 Å². The van der Waals surface area contributed by atoms with Gasteiger partial charge in [0.2, 0.25) is 5.91 Å². The number of hydrogen-bond acceptors (Lipinski definition) is 5. The van der Waals surface area contributed by atoms with Gasteiger partial charge in [0.1, 0.15) is 5.52 Å². The molecule has 3 N–H and O–H groups in total. The molecule has 1 saturated carbocycles. The molecular formula is C20H20BrClFN5O3. The van der Waals surface area contributed by atoms with Crippen molar-refractivity contribution in [2.45, 2.75) is 30.3 Å². The van der Waals surface area contributed by atoms with Crippen molar-refractivity contribution < 1.29 is 19.1 Å². The van der Waals surface area contributed by atoms with Gasteiger partial charge in [0.25, 0.3) is 0 Å². The first kappa shape index (κ1) is 20.7. The summed E-state index contributed by atoms with van der Waals surface area (Å²) < 4.78 is 15.3. The number of fused-ring (bicyclic) bond motifs is 4. The molecule has 2 fully saturated rings. The Morgan fingerprint density at radius 1 is 1.45 bits per heavy atom. The predicted molar refractivity (Wildman–Crippen MR) is 119 cm³/mol. The Kier molecular flexibility index (Phi) is 4.62. The fraction of sp³-hybridized carbons (Fsp3) is 0.450. The van der Waals surface area contributed by atoms with Gasteiger partial charge in [0.05, 0.1) is 20.6 Å². The van der Waals surface area contributed by atoms with E-state index >= 15 is 4.39 Å². The third-order valence-electron chi connectivity index (χ3n) is 6.66. The molecule has 1 spiro atoms. The lowest BCUT2D eigenvalue weighted by Crippen LogP contribution is -2.58. The molecule has 0 radical (unpaired) electrons. The second-order valence-corrected chi connectivity index (χ2v) is 9.88. The third kappa shape index (κ3) is 2.91. The zero-order chi connectivity index (χ0) is 22.2. The van der Waals surface area contributed by atoms with E-state index in [1.165, 1.54) is 0 Å². The molecule has 164 valence electrons. The van der Waals surface area contributed by atoms with Gasteiger partial charge in [-0.15, -0.1) is 0 Å². The van der Waals surface area contributed by atoms with Crippen LogP contribution in [0.2, 0.25) is 5.02 Å². The van der Waals surface area contributed by atoms with Gasteiger partial charge in [0, 0.05) is 36.1 Å². The summed E-state index contributed by atoms with van der Waals surface area (Å²) in [5.41, 5.74) is 0.432. The van der Waals surface area contributed by atoms with E-state index in [0.717, 1.165) is 0 Å². The molecule has 1 aliphatic carbocycles. The second-order valence-electron chi connectivity index (χ2n) is 8.68. The SMILES string of the molecule is CN(C)C1CN(c2nc3c(F)c(Br)c(Cl)cc3c3c2NC(=O)C32CC(NC(=O)O)C2)C1. The van der Waals surface area contributed by atoms with Crippen molar-refractivity contribution in [3.05, 3.63) is 26.9 Å². The van der Waals surface area contributed by atoms with Crippen LogP contribution in [0, 0.1) is 5.82 Å². The van der Waals surface area contributed by atoms with Crippen molar-refractivity contribution in [1.29, 1.82) is 0 Å². The van der Waals surface area contributed by atoms with Crippen LogP contribution in [0.3, 0.4) is 0 Å². The standard InChI is InChI=1S/C20H20BrClFN5O3/c1-27(2)9-6-28(7-9)17-16-12(10-3-11(22)13(21)14(23)15(10)25-17)20(18(29)26-16)4-8(5-20)24-19(30)31/h3,8-9,24H,4-7H2,1-2H3,(H,26,29)(H,30,31). The van der Waals surface area contributed by atoms with Crippen molar-refractivity contribution in [3.8, 4) is 0 Å². The van der Waals surface area contributed by atoms with E-state index in [0.29, 0.717) is 54.4 Å². The number of carbonyl (C=O) groups excluding carboxylic acids is 1. The number of carbonyl (C=O) groups is 2. The maximum absolute atomic E-state index is 15.2. The fourth-order valence-electron chi connectivity index (χ4n) is 4.89. The summed E-state index contributed by atoms with van der Waals surface area (Å²) in [6.07, 6.45) is -0.536. The van der Waals surface area contributed by atoms with Gasteiger partial charge in [-0.05, 0) is 48.9 Å². The molecular weight excluding hydrogens is 493 g/mol. The number of likely N-dealkylation sites (N-methyl/N-ethyl adjacent to an activating group) is 1. The summed E-state index contributed by atoms with van der Waals surface area (Å²) in [6, 6.07) is 1.62. The smallest absolute Gasteiger partial charge is 0.404 e. The molecule has 3 heterocycles. The van der Waals surface area contributed by atoms with Crippen molar-refractivity contribution >= 4 is 61.9 Å². The van der Waals surface area contributed by atoms with Gasteiger partial charge < -0.3 is 25.5 Å². The molecule has 31 heavy (non-hydrogen) atoms. The van der Waals surface area contributed by atoms with Crippen LogP contribution in [-0.4, -0.2) is 66.3 Å². The fourth-order valence-corrected chi connectivity index (χ4v) is 5.38. The summed E-state index contributed by atoms with van der Waals surface area (Å²) in [5.74, 6) is -0.260. The zero-order valence-electron chi connectivity index (χ0n) is 16.8. The number of amides is 2. The first-order valence-corrected chi connectivity index (χ1v) is 11.0. The number of halogens is 3. The topological polar surface area (TPSA) is 97.8 Å². The highest BCUT2D eigenvalue weighted by Crippen LogP contribution is 2.56. The lowest BCUT2D eigenvalue weighted by Gasteiger charge is -2.45. The van der Waals surface area contributed by atoms with Crippen molar-refractivity contribution in [2.75, 3.05) is 37.4 Å². The zero-order valence-corrected chi connectivity index (χ0v) is 19.1. The number of benzene rings is 1. The first-order valence-electron chi connectivity index (χ1n) is 9.86. The van der Waals surface area contributed by atoms with Gasteiger partial charge >= 0.3 is 6.09 Å². The van der Waals surface area contributed by atoms with E-state index < -0.39 is 17.3 Å². The predicted octanol–water partition coefficient (Wildman–Crippen LogP) is 3.16. The summed E-state index contributed by atoms with van der Waals surface area (Å²) in [6.45, 7) is 1.42.